The van der Waals surface area contributed by atoms with Crippen molar-refractivity contribution in [2.24, 2.45) is 0 Å². The average Bonchev–Trinajstić information content (AvgIpc) is 2.73. The number of benzene rings is 1. The van der Waals surface area contributed by atoms with Gasteiger partial charge in [0.25, 0.3) is 5.56 Å². The highest BCUT2D eigenvalue weighted by molar-refractivity contribution is 6.01. The molecule has 2 N–H and O–H groups in total. The number of H-pyrrole nitrogens is 1. The molecule has 1 aliphatic rings. The van der Waals surface area contributed by atoms with Crippen LogP contribution in [-0.2, 0) is 4.74 Å². The molecule has 1 unspecified atom stereocenters. The Hall–Kier alpha value is -3.26. The van der Waals surface area contributed by atoms with Crippen molar-refractivity contribution in [1.82, 2.24) is 20.3 Å². The zero-order valence-electron chi connectivity index (χ0n) is 18.0. The molecule has 1 aromatic carbocycles. The minimum Gasteiger partial charge on any atom is -0.443 e. The number of hydrogen-bond donors (Lipinski definition) is 2. The third-order valence-electron chi connectivity index (χ3n) is 5.15. The Bertz CT molecular complexity index is 1150. The molecule has 1 amide bonds. The summed E-state index contributed by atoms with van der Waals surface area (Å²) in [5.41, 5.74) is 1.38. The molecule has 31 heavy (non-hydrogen) atoms. The number of hydrogen-bond acceptors (Lipinski definition) is 6. The summed E-state index contributed by atoms with van der Waals surface area (Å²) in [7, 11) is 0. The Morgan fingerprint density at radius 3 is 2.68 bits per heavy atom. The second-order valence-corrected chi connectivity index (χ2v) is 8.70. The van der Waals surface area contributed by atoms with Crippen molar-refractivity contribution in [3.63, 3.8) is 0 Å². The molecule has 8 nitrogen and oxygen atoms in total. The van der Waals surface area contributed by atoms with Crippen molar-refractivity contribution in [1.29, 1.82) is 0 Å². The van der Waals surface area contributed by atoms with Crippen molar-refractivity contribution in [2.45, 2.75) is 45.3 Å². The second kappa shape index (κ2) is 8.47. The molecular weight excluding hydrogens is 394 g/mol. The van der Waals surface area contributed by atoms with Crippen LogP contribution in [0.3, 0.4) is 0 Å². The number of carbonyl (C=O) groups is 1. The van der Waals surface area contributed by atoms with Gasteiger partial charge in [0.05, 0.1) is 17.2 Å². The van der Waals surface area contributed by atoms with Crippen LogP contribution >= 0.6 is 0 Å². The van der Waals surface area contributed by atoms with E-state index >= 15 is 0 Å². The quantitative estimate of drug-likeness (QED) is 0.672. The third-order valence-corrected chi connectivity index (χ3v) is 5.15. The summed E-state index contributed by atoms with van der Waals surface area (Å²) in [4.78, 5) is 38.3. The van der Waals surface area contributed by atoms with E-state index in [2.05, 4.69) is 20.3 Å². The highest BCUT2D eigenvalue weighted by Crippen LogP contribution is 2.32. The van der Waals surface area contributed by atoms with E-state index < -0.39 is 5.60 Å². The summed E-state index contributed by atoms with van der Waals surface area (Å²) in [5.74, 6) is 0.465. The number of rotatable bonds is 3. The van der Waals surface area contributed by atoms with Crippen LogP contribution in [0.25, 0.3) is 22.3 Å². The number of ether oxygens (including phenoxy) is 1. The van der Waals surface area contributed by atoms with E-state index in [-0.39, 0.29) is 17.7 Å². The Balaban J connectivity index is 1.84. The molecule has 1 atom stereocenters. The van der Waals surface area contributed by atoms with Gasteiger partial charge >= 0.3 is 6.09 Å². The van der Waals surface area contributed by atoms with Crippen molar-refractivity contribution in [3.05, 3.63) is 53.1 Å². The number of aromatic amines is 1. The molecule has 1 fully saturated rings. The molecule has 0 bridgehead atoms. The van der Waals surface area contributed by atoms with Gasteiger partial charge in [-0.3, -0.25) is 14.7 Å². The lowest BCUT2D eigenvalue weighted by Crippen LogP contribution is -2.50. The zero-order valence-corrected chi connectivity index (χ0v) is 18.0. The molecule has 162 valence electrons. The van der Waals surface area contributed by atoms with Gasteiger partial charge in [0.15, 0.2) is 0 Å². The van der Waals surface area contributed by atoms with E-state index in [0.29, 0.717) is 12.4 Å². The highest BCUT2D eigenvalue weighted by Gasteiger charge is 2.32. The molecule has 0 saturated carbocycles. The van der Waals surface area contributed by atoms with E-state index in [9.17, 15) is 9.59 Å². The van der Waals surface area contributed by atoms with E-state index in [1.54, 1.807) is 11.1 Å². The van der Waals surface area contributed by atoms with E-state index in [0.717, 1.165) is 41.5 Å². The number of amides is 1. The molecule has 3 aromatic rings. The first kappa shape index (κ1) is 21.0. The topological polar surface area (TPSA) is 100 Å². The maximum absolute atomic E-state index is 13.3. The van der Waals surface area contributed by atoms with Crippen molar-refractivity contribution < 1.29 is 9.53 Å². The molecule has 0 aliphatic carbocycles. The molecule has 0 spiro atoms. The van der Waals surface area contributed by atoms with Crippen LogP contribution in [0.2, 0.25) is 0 Å². The highest BCUT2D eigenvalue weighted by atomic mass is 16.6. The van der Waals surface area contributed by atoms with Gasteiger partial charge in [0, 0.05) is 36.0 Å². The van der Waals surface area contributed by atoms with Crippen LogP contribution in [-0.4, -0.2) is 45.8 Å². The first-order valence-corrected chi connectivity index (χ1v) is 10.5. The number of piperidine rings is 1. The third kappa shape index (κ3) is 4.74. The number of nitrogens with one attached hydrogen (secondary N) is 2. The lowest BCUT2D eigenvalue weighted by atomic mass is 10.0. The Kier molecular flexibility index (Phi) is 5.73. The fraction of sp³-hybridized carbons (Fsp3) is 0.391. The molecule has 2 aromatic heterocycles. The van der Waals surface area contributed by atoms with E-state index in [1.165, 1.54) is 12.3 Å². The van der Waals surface area contributed by atoms with Gasteiger partial charge in [0.1, 0.15) is 11.4 Å². The molecule has 1 aliphatic heterocycles. The molecule has 4 rings (SSSR count). The number of anilines is 1. The van der Waals surface area contributed by atoms with Crippen LogP contribution in [0.1, 0.15) is 33.6 Å². The fourth-order valence-corrected chi connectivity index (χ4v) is 3.81. The molecule has 1 saturated heterocycles. The largest absolute Gasteiger partial charge is 0.443 e. The van der Waals surface area contributed by atoms with E-state index in [4.69, 9.17) is 4.74 Å². The summed E-state index contributed by atoms with van der Waals surface area (Å²) < 4.78 is 5.77. The summed E-state index contributed by atoms with van der Waals surface area (Å²) in [5, 5.41) is 4.17. The predicted octanol–water partition coefficient (Wildman–Crippen LogP) is 3.48. The van der Waals surface area contributed by atoms with Crippen molar-refractivity contribution in [2.75, 3.05) is 18.0 Å². The molecule has 3 heterocycles. The minimum atomic E-state index is -0.612. The van der Waals surface area contributed by atoms with Crippen LogP contribution < -0.4 is 15.8 Å². The van der Waals surface area contributed by atoms with Crippen LogP contribution in [0.4, 0.5) is 10.5 Å². The second-order valence-electron chi connectivity index (χ2n) is 8.70. The lowest BCUT2D eigenvalue weighted by Gasteiger charge is -2.36. The minimum absolute atomic E-state index is 0.0347. The standard InChI is InChI=1S/C23H27N5O3/c1-23(2,3)31-22(30)28(16-5-4-10-24-14-16)19-8-11-25-18-7-6-15(13-17(18)19)21-26-12-9-20(29)27-21/h6-9,11-13,16,24H,4-5,10,14H2,1-3H3,(H,26,27,29). The molecule has 0 radical (unpaired) electrons. The van der Waals surface area contributed by atoms with Gasteiger partial charge in [-0.2, -0.15) is 0 Å². The van der Waals surface area contributed by atoms with Crippen molar-refractivity contribution in [3.8, 4) is 11.4 Å². The van der Waals surface area contributed by atoms with Gasteiger partial charge in [-0.1, -0.05) is 0 Å². The van der Waals surface area contributed by atoms with Gasteiger partial charge in [0.2, 0.25) is 0 Å². The maximum atomic E-state index is 13.3. The van der Waals surface area contributed by atoms with Gasteiger partial charge in [-0.25, -0.2) is 9.78 Å². The SMILES string of the molecule is CC(C)(C)OC(=O)N(c1ccnc2ccc(-c3nccc(=O)[nH]3)cc12)C1CCCNC1. The molecule has 8 heteroatoms. The average molecular weight is 422 g/mol. The van der Waals surface area contributed by atoms with Crippen LogP contribution in [0.5, 0.6) is 0 Å². The van der Waals surface area contributed by atoms with Gasteiger partial charge in [-0.15, -0.1) is 0 Å². The summed E-state index contributed by atoms with van der Waals surface area (Å²) in [6, 6.07) is 8.81. The van der Waals surface area contributed by atoms with Gasteiger partial charge in [-0.05, 0) is 64.4 Å². The first-order valence-electron chi connectivity index (χ1n) is 10.5. The Morgan fingerprint density at radius 1 is 1.16 bits per heavy atom. The normalized spacial score (nSPS) is 16.8. The number of aromatic nitrogens is 3. The zero-order chi connectivity index (χ0) is 22.0. The number of carbonyl (C=O) groups excluding carboxylic acids is 1. The number of nitrogens with zero attached hydrogens (tertiary/aromatic N) is 3. The maximum Gasteiger partial charge on any atom is 0.415 e. The fourth-order valence-electron chi connectivity index (χ4n) is 3.81. The van der Waals surface area contributed by atoms with Crippen LogP contribution in [0, 0.1) is 0 Å². The predicted molar refractivity (Wildman–Crippen MR) is 120 cm³/mol. The number of fused-ring (bicyclic) bond motifs is 1. The summed E-state index contributed by atoms with van der Waals surface area (Å²) >= 11 is 0. The van der Waals surface area contributed by atoms with Crippen molar-refractivity contribution >= 4 is 22.7 Å². The molecular formula is C23H27N5O3. The smallest absolute Gasteiger partial charge is 0.415 e. The Labute approximate surface area is 180 Å². The summed E-state index contributed by atoms with van der Waals surface area (Å²) in [6.07, 6.45) is 4.65. The summed E-state index contributed by atoms with van der Waals surface area (Å²) in [6.45, 7) is 7.22. The monoisotopic (exact) mass is 421 g/mol. The Morgan fingerprint density at radius 2 is 1.97 bits per heavy atom. The lowest BCUT2D eigenvalue weighted by molar-refractivity contribution is 0.0561. The number of pyridine rings is 1. The first-order chi connectivity index (χ1) is 14.8. The van der Waals surface area contributed by atoms with Crippen LogP contribution in [0.15, 0.2) is 47.5 Å². The van der Waals surface area contributed by atoms with Gasteiger partial charge < -0.3 is 15.0 Å². The van der Waals surface area contributed by atoms with E-state index in [1.807, 2.05) is 45.0 Å².